The third kappa shape index (κ3) is 9.89. The lowest BCUT2D eigenvalue weighted by atomic mass is 9.72. The summed E-state index contributed by atoms with van der Waals surface area (Å²) in [7, 11) is 0. The van der Waals surface area contributed by atoms with Crippen LogP contribution in [0.1, 0.15) is 88.5 Å². The van der Waals surface area contributed by atoms with Crippen LogP contribution in [-0.4, -0.2) is 11.6 Å². The highest BCUT2D eigenvalue weighted by Crippen LogP contribution is 2.36. The second-order valence-corrected chi connectivity index (χ2v) is 7.19. The normalized spacial score (nSPS) is 19.3. The number of carbonyl (C=O) groups is 2. The quantitative estimate of drug-likeness (QED) is 0.373. The highest BCUT2D eigenvalue weighted by Gasteiger charge is 2.31. The fourth-order valence-electron chi connectivity index (χ4n) is 3.21. The van der Waals surface area contributed by atoms with Crippen LogP contribution in [0.2, 0.25) is 0 Å². The number of hydrogen-bond donors (Lipinski definition) is 0. The molecule has 0 saturated carbocycles. The van der Waals surface area contributed by atoms with Gasteiger partial charge < -0.3 is 0 Å². The summed E-state index contributed by atoms with van der Waals surface area (Å²) in [6.45, 7) is 20.0. The Morgan fingerprint density at radius 2 is 1.62 bits per heavy atom. The Morgan fingerprint density at radius 3 is 2.08 bits per heavy atom. The lowest BCUT2D eigenvalue weighted by Gasteiger charge is -2.30. The molecule has 0 saturated heterocycles. The van der Waals surface area contributed by atoms with Crippen molar-refractivity contribution in [3.8, 4) is 0 Å². The van der Waals surface area contributed by atoms with Gasteiger partial charge in [-0.25, -0.2) is 0 Å². The lowest BCUT2D eigenvalue weighted by Crippen LogP contribution is -2.27. The molecule has 0 aliphatic heterocycles. The second kappa shape index (κ2) is 14.7. The number of allylic oxidation sites excluding steroid dienone is 6. The fraction of sp³-hybridized carbons (Fsp3) is 0.667. The summed E-state index contributed by atoms with van der Waals surface area (Å²) >= 11 is 0. The molecule has 1 rings (SSSR count). The highest BCUT2D eigenvalue weighted by molar-refractivity contribution is 5.95. The molecule has 1 aliphatic rings. The zero-order chi connectivity index (χ0) is 20.9. The van der Waals surface area contributed by atoms with E-state index in [0.29, 0.717) is 12.3 Å². The summed E-state index contributed by atoms with van der Waals surface area (Å²) < 4.78 is 0. The Balaban J connectivity index is 0. The van der Waals surface area contributed by atoms with Gasteiger partial charge in [0.1, 0.15) is 0 Å². The number of ketones is 2. The Kier molecular flexibility index (Phi) is 15.1. The molecule has 26 heavy (non-hydrogen) atoms. The molecule has 0 aromatic carbocycles. The molecule has 2 unspecified atom stereocenters. The van der Waals surface area contributed by atoms with Crippen molar-refractivity contribution >= 4 is 11.6 Å². The average molecular weight is 363 g/mol. The van der Waals surface area contributed by atoms with E-state index in [4.69, 9.17) is 0 Å². The summed E-state index contributed by atoms with van der Waals surface area (Å²) in [6, 6.07) is 0. The van der Waals surface area contributed by atoms with Crippen molar-refractivity contribution in [3.63, 3.8) is 0 Å². The first-order chi connectivity index (χ1) is 12.2. The summed E-state index contributed by atoms with van der Waals surface area (Å²) in [5.41, 5.74) is 3.22. The van der Waals surface area contributed by atoms with E-state index in [1.54, 1.807) is 12.2 Å². The van der Waals surface area contributed by atoms with Gasteiger partial charge >= 0.3 is 0 Å². The minimum Gasteiger partial charge on any atom is -0.295 e. The molecule has 1 aliphatic carbocycles. The van der Waals surface area contributed by atoms with Gasteiger partial charge in [0.25, 0.3) is 0 Å². The Labute approximate surface area is 162 Å². The molecule has 2 atom stereocenters. The monoisotopic (exact) mass is 362 g/mol. The average Bonchev–Trinajstić information content (AvgIpc) is 2.56. The molecule has 0 aromatic heterocycles. The second-order valence-electron chi connectivity index (χ2n) is 7.19. The molecule has 0 aromatic rings. The van der Waals surface area contributed by atoms with Crippen LogP contribution in [0.25, 0.3) is 0 Å². The van der Waals surface area contributed by atoms with Gasteiger partial charge in [0.05, 0.1) is 0 Å². The van der Waals surface area contributed by atoms with Crippen LogP contribution in [0.4, 0.5) is 0 Å². The molecule has 0 spiro atoms. The Morgan fingerprint density at radius 1 is 1.08 bits per heavy atom. The lowest BCUT2D eigenvalue weighted by molar-refractivity contribution is -0.119. The first-order valence-corrected chi connectivity index (χ1v) is 10.3. The summed E-state index contributed by atoms with van der Waals surface area (Å²) in [4.78, 5) is 24.6. The molecule has 0 amide bonds. The molecule has 0 heterocycles. The van der Waals surface area contributed by atoms with E-state index in [2.05, 4.69) is 19.9 Å². The van der Waals surface area contributed by atoms with Gasteiger partial charge in [-0.1, -0.05) is 64.3 Å². The molecule has 150 valence electrons. The van der Waals surface area contributed by atoms with Crippen LogP contribution >= 0.6 is 0 Å². The van der Waals surface area contributed by atoms with Gasteiger partial charge in [-0.2, -0.15) is 0 Å². The minimum absolute atomic E-state index is 0.105. The molecule has 0 bridgehead atoms. The van der Waals surface area contributed by atoms with E-state index in [0.717, 1.165) is 29.6 Å². The minimum atomic E-state index is -0.105. The van der Waals surface area contributed by atoms with Crippen LogP contribution in [0.3, 0.4) is 0 Å². The van der Waals surface area contributed by atoms with Crippen LogP contribution in [0.15, 0.2) is 34.9 Å². The van der Waals surface area contributed by atoms with Crippen molar-refractivity contribution in [2.45, 2.75) is 88.5 Å². The van der Waals surface area contributed by atoms with Crippen molar-refractivity contribution in [3.05, 3.63) is 34.9 Å². The predicted octanol–water partition coefficient (Wildman–Crippen LogP) is 7.11. The first-order valence-electron chi connectivity index (χ1n) is 10.3. The molecule has 0 fully saturated rings. The molecule has 2 nitrogen and oxygen atoms in total. The molecular formula is C24H42O2. The van der Waals surface area contributed by atoms with E-state index in [9.17, 15) is 9.59 Å². The van der Waals surface area contributed by atoms with Gasteiger partial charge in [0.15, 0.2) is 11.6 Å². The van der Waals surface area contributed by atoms with E-state index >= 15 is 0 Å². The number of carbonyl (C=O) groups excluding carboxylic acids is 2. The summed E-state index contributed by atoms with van der Waals surface area (Å²) in [6.07, 6.45) is 8.18. The van der Waals surface area contributed by atoms with E-state index in [1.165, 1.54) is 0 Å². The van der Waals surface area contributed by atoms with Crippen LogP contribution < -0.4 is 0 Å². The number of hydrogen-bond acceptors (Lipinski definition) is 2. The smallest absolute Gasteiger partial charge is 0.163 e. The van der Waals surface area contributed by atoms with Gasteiger partial charge in [-0.15, -0.1) is 0 Å². The third-order valence-electron chi connectivity index (χ3n) is 4.16. The van der Waals surface area contributed by atoms with Gasteiger partial charge in [0, 0.05) is 12.3 Å². The van der Waals surface area contributed by atoms with Crippen molar-refractivity contribution in [2.24, 2.45) is 17.8 Å². The zero-order valence-electron chi connectivity index (χ0n) is 18.9. The number of rotatable bonds is 6. The molecule has 0 radical (unpaired) electrons. The van der Waals surface area contributed by atoms with E-state index in [1.807, 2.05) is 55.4 Å². The van der Waals surface area contributed by atoms with Gasteiger partial charge in [-0.05, 0) is 64.5 Å². The largest absolute Gasteiger partial charge is 0.295 e. The van der Waals surface area contributed by atoms with Crippen LogP contribution in [0.5, 0.6) is 0 Å². The van der Waals surface area contributed by atoms with E-state index in [-0.39, 0.29) is 23.4 Å². The van der Waals surface area contributed by atoms with Crippen molar-refractivity contribution in [1.29, 1.82) is 0 Å². The fourth-order valence-corrected chi connectivity index (χ4v) is 3.21. The van der Waals surface area contributed by atoms with Crippen molar-refractivity contribution < 1.29 is 9.59 Å². The van der Waals surface area contributed by atoms with Crippen LogP contribution in [0, 0.1) is 17.8 Å². The summed E-state index contributed by atoms with van der Waals surface area (Å²) in [5, 5.41) is 0. The highest BCUT2D eigenvalue weighted by atomic mass is 16.1. The summed E-state index contributed by atoms with van der Waals surface area (Å²) in [5.74, 6) is 0.763. The third-order valence-corrected chi connectivity index (χ3v) is 4.16. The molecular weight excluding hydrogens is 320 g/mol. The van der Waals surface area contributed by atoms with E-state index < -0.39 is 0 Å². The maximum Gasteiger partial charge on any atom is 0.163 e. The van der Waals surface area contributed by atoms with Crippen LogP contribution in [-0.2, 0) is 9.59 Å². The maximum atomic E-state index is 12.6. The zero-order valence-corrected chi connectivity index (χ0v) is 18.9. The molecule has 2 heteroatoms. The topological polar surface area (TPSA) is 34.1 Å². The van der Waals surface area contributed by atoms with Crippen molar-refractivity contribution in [1.82, 2.24) is 0 Å². The predicted molar refractivity (Wildman–Crippen MR) is 115 cm³/mol. The molecule has 0 N–H and O–H groups in total. The van der Waals surface area contributed by atoms with Crippen molar-refractivity contribution in [2.75, 3.05) is 0 Å². The van der Waals surface area contributed by atoms with Gasteiger partial charge in [-0.3, -0.25) is 9.59 Å². The first kappa shape index (κ1) is 26.8. The maximum absolute atomic E-state index is 12.6. The SMILES string of the molecule is CC.CC.CC(C)=CC(=O)C1C(C)=CCCC1/C(C)=C/C(=O)CC(C)C. The Bertz CT molecular complexity index is 514. The Hall–Kier alpha value is -1.44. The standard InChI is InChI=1S/C20H30O2.2C2H6/c1-13(2)10-17(21)12-16(6)18-9-7-8-15(5)20(18)19(22)11-14(3)4;2*1-2/h8,11-13,18,20H,7,9-10H2,1-6H3;2*1-2H3/b16-12+;;. The van der Waals surface area contributed by atoms with Gasteiger partial charge in [0.2, 0.25) is 0 Å².